The van der Waals surface area contributed by atoms with Crippen molar-refractivity contribution in [3.05, 3.63) is 71.3 Å². The fourth-order valence-electron chi connectivity index (χ4n) is 3.53. The molecule has 0 aliphatic heterocycles. The first-order valence-corrected chi connectivity index (χ1v) is 9.02. The van der Waals surface area contributed by atoms with Gasteiger partial charge in [-0.2, -0.15) is 0 Å². The van der Waals surface area contributed by atoms with E-state index in [0.29, 0.717) is 0 Å². The number of hydrogen-bond donors (Lipinski definition) is 1. The van der Waals surface area contributed by atoms with E-state index in [4.69, 9.17) is 0 Å². The van der Waals surface area contributed by atoms with Crippen molar-refractivity contribution in [1.29, 1.82) is 0 Å². The third-order valence-electron chi connectivity index (χ3n) is 4.96. The van der Waals surface area contributed by atoms with Crippen molar-refractivity contribution in [3.63, 3.8) is 0 Å². The van der Waals surface area contributed by atoms with Gasteiger partial charge in [0, 0.05) is 5.92 Å². The highest BCUT2D eigenvalue weighted by atomic mass is 16.3. The molecule has 2 unspecified atom stereocenters. The predicted octanol–water partition coefficient (Wildman–Crippen LogP) is 5.82. The highest BCUT2D eigenvalue weighted by molar-refractivity contribution is 5.33. The van der Waals surface area contributed by atoms with Gasteiger partial charge in [-0.1, -0.05) is 88.2 Å². The molecule has 0 amide bonds. The predicted molar refractivity (Wildman–Crippen MR) is 98.7 cm³/mol. The lowest BCUT2D eigenvalue weighted by Crippen LogP contribution is -2.33. The van der Waals surface area contributed by atoms with Gasteiger partial charge >= 0.3 is 0 Å². The normalized spacial score (nSPS) is 15.1. The topological polar surface area (TPSA) is 20.2 Å². The summed E-state index contributed by atoms with van der Waals surface area (Å²) >= 11 is 0. The van der Waals surface area contributed by atoms with Crippen LogP contribution in [0.15, 0.2) is 54.6 Å². The number of aliphatic hydroxyl groups is 1. The molecule has 124 valence electrons. The van der Waals surface area contributed by atoms with Crippen LogP contribution in [-0.2, 0) is 12.0 Å². The van der Waals surface area contributed by atoms with Gasteiger partial charge in [0.05, 0.1) is 5.60 Å². The van der Waals surface area contributed by atoms with Crippen LogP contribution < -0.4 is 0 Å². The summed E-state index contributed by atoms with van der Waals surface area (Å²) in [5.41, 5.74) is 2.81. The van der Waals surface area contributed by atoms with Gasteiger partial charge in [0.15, 0.2) is 0 Å². The highest BCUT2D eigenvalue weighted by Gasteiger charge is 2.37. The third-order valence-corrected chi connectivity index (χ3v) is 4.96. The first-order valence-electron chi connectivity index (χ1n) is 9.02. The molecular weight excluding hydrogens is 280 g/mol. The van der Waals surface area contributed by atoms with Crippen LogP contribution in [0.4, 0.5) is 0 Å². The van der Waals surface area contributed by atoms with E-state index < -0.39 is 5.60 Å². The second-order valence-corrected chi connectivity index (χ2v) is 6.45. The molecule has 0 aromatic heterocycles. The van der Waals surface area contributed by atoms with E-state index >= 15 is 0 Å². The summed E-state index contributed by atoms with van der Waals surface area (Å²) in [5, 5.41) is 11.7. The molecule has 1 N–H and O–H groups in total. The van der Waals surface area contributed by atoms with Crippen LogP contribution in [0.2, 0.25) is 0 Å². The Morgan fingerprint density at radius 3 is 2.09 bits per heavy atom. The molecule has 1 nitrogen and oxygen atoms in total. The maximum atomic E-state index is 11.7. The minimum Gasteiger partial charge on any atom is -0.385 e. The van der Waals surface area contributed by atoms with Gasteiger partial charge in [0.25, 0.3) is 0 Å². The number of benzene rings is 2. The van der Waals surface area contributed by atoms with E-state index in [2.05, 4.69) is 69.3 Å². The summed E-state index contributed by atoms with van der Waals surface area (Å²) in [5.74, 6) is 0.128. The van der Waals surface area contributed by atoms with Crippen molar-refractivity contribution in [1.82, 2.24) is 0 Å². The number of hydrogen-bond acceptors (Lipinski definition) is 1. The number of rotatable bonds is 8. The van der Waals surface area contributed by atoms with Crippen LogP contribution in [0.25, 0.3) is 0 Å². The maximum Gasteiger partial charge on any atom is 0.0964 e. The van der Waals surface area contributed by atoms with Gasteiger partial charge in [-0.3, -0.25) is 0 Å². The van der Waals surface area contributed by atoms with Crippen molar-refractivity contribution < 1.29 is 5.11 Å². The molecule has 2 rings (SSSR count). The lowest BCUT2D eigenvalue weighted by Gasteiger charge is -2.37. The SMILES string of the molecule is CCCCC(O)(c1ccc(CC)cc1)C(CC)c1ccccc1. The fourth-order valence-corrected chi connectivity index (χ4v) is 3.53. The van der Waals surface area contributed by atoms with Gasteiger partial charge in [0.1, 0.15) is 0 Å². The minimum atomic E-state index is -0.793. The number of aryl methyl sites for hydroxylation is 1. The van der Waals surface area contributed by atoms with E-state index in [0.717, 1.165) is 37.7 Å². The molecular formula is C22H30O. The number of unbranched alkanes of at least 4 members (excludes halogenated alkanes) is 1. The lowest BCUT2D eigenvalue weighted by molar-refractivity contribution is -0.00514. The summed E-state index contributed by atoms with van der Waals surface area (Å²) < 4.78 is 0. The van der Waals surface area contributed by atoms with Gasteiger partial charge < -0.3 is 5.11 Å². The summed E-state index contributed by atoms with van der Waals surface area (Å²) in [6, 6.07) is 19.0. The zero-order valence-electron chi connectivity index (χ0n) is 14.8. The van der Waals surface area contributed by atoms with Gasteiger partial charge in [-0.25, -0.2) is 0 Å². The zero-order valence-corrected chi connectivity index (χ0v) is 14.8. The third kappa shape index (κ3) is 4.03. The van der Waals surface area contributed by atoms with Gasteiger partial charge in [-0.15, -0.1) is 0 Å². The average Bonchev–Trinajstić information content (AvgIpc) is 2.61. The second kappa shape index (κ2) is 8.31. The van der Waals surface area contributed by atoms with Crippen LogP contribution in [-0.4, -0.2) is 5.11 Å². The molecule has 0 saturated heterocycles. The largest absolute Gasteiger partial charge is 0.385 e. The standard InChI is InChI=1S/C22H30O/c1-4-7-17-22(23,20-15-13-18(5-2)14-16-20)21(6-3)19-11-9-8-10-12-19/h8-16,21,23H,4-7,17H2,1-3H3. The van der Waals surface area contributed by atoms with E-state index in [1.165, 1.54) is 11.1 Å². The van der Waals surface area contributed by atoms with Gasteiger partial charge in [-0.05, 0) is 36.0 Å². The molecule has 0 bridgehead atoms. The molecule has 1 heteroatoms. The minimum absolute atomic E-state index is 0.128. The first kappa shape index (κ1) is 17.7. The Bertz CT molecular complexity index is 573. The highest BCUT2D eigenvalue weighted by Crippen LogP contribution is 2.43. The van der Waals surface area contributed by atoms with Crippen LogP contribution in [0, 0.1) is 0 Å². The molecule has 23 heavy (non-hydrogen) atoms. The maximum absolute atomic E-state index is 11.7. The van der Waals surface area contributed by atoms with Crippen LogP contribution >= 0.6 is 0 Å². The quantitative estimate of drug-likeness (QED) is 0.651. The zero-order chi connectivity index (χ0) is 16.7. The van der Waals surface area contributed by atoms with Gasteiger partial charge in [0.2, 0.25) is 0 Å². The molecule has 2 atom stereocenters. The molecule has 2 aromatic carbocycles. The average molecular weight is 310 g/mol. The molecule has 0 aliphatic carbocycles. The monoisotopic (exact) mass is 310 g/mol. The van der Waals surface area contributed by atoms with Crippen molar-refractivity contribution in [3.8, 4) is 0 Å². The van der Waals surface area contributed by atoms with Crippen molar-refractivity contribution in [2.45, 2.75) is 64.4 Å². The summed E-state index contributed by atoms with van der Waals surface area (Å²) in [6.07, 6.45) is 4.90. The Kier molecular flexibility index (Phi) is 6.41. The molecule has 2 aromatic rings. The Morgan fingerprint density at radius 2 is 1.57 bits per heavy atom. The Hall–Kier alpha value is -1.60. The van der Waals surface area contributed by atoms with E-state index in [1.807, 2.05) is 6.07 Å². The molecule has 0 fully saturated rings. The van der Waals surface area contributed by atoms with Crippen LogP contribution in [0.5, 0.6) is 0 Å². The second-order valence-electron chi connectivity index (χ2n) is 6.45. The Morgan fingerprint density at radius 1 is 0.913 bits per heavy atom. The summed E-state index contributed by atoms with van der Waals surface area (Å²) in [4.78, 5) is 0. The Labute approximate surface area is 141 Å². The van der Waals surface area contributed by atoms with E-state index in [-0.39, 0.29) is 5.92 Å². The van der Waals surface area contributed by atoms with E-state index in [1.54, 1.807) is 0 Å². The summed E-state index contributed by atoms with van der Waals surface area (Å²) in [6.45, 7) is 6.52. The fraction of sp³-hybridized carbons (Fsp3) is 0.455. The van der Waals surface area contributed by atoms with Crippen LogP contribution in [0.1, 0.15) is 69.1 Å². The summed E-state index contributed by atoms with van der Waals surface area (Å²) in [7, 11) is 0. The smallest absolute Gasteiger partial charge is 0.0964 e. The lowest BCUT2D eigenvalue weighted by atomic mass is 9.73. The molecule has 0 radical (unpaired) electrons. The molecule has 0 aliphatic rings. The molecule has 0 heterocycles. The Balaban J connectivity index is 2.43. The van der Waals surface area contributed by atoms with E-state index in [9.17, 15) is 5.11 Å². The van der Waals surface area contributed by atoms with Crippen molar-refractivity contribution >= 4 is 0 Å². The molecule has 0 spiro atoms. The van der Waals surface area contributed by atoms with Crippen molar-refractivity contribution in [2.24, 2.45) is 0 Å². The first-order chi connectivity index (χ1) is 11.2. The van der Waals surface area contributed by atoms with Crippen molar-refractivity contribution in [2.75, 3.05) is 0 Å². The van der Waals surface area contributed by atoms with Crippen LogP contribution in [0.3, 0.4) is 0 Å². The molecule has 0 saturated carbocycles.